The minimum Gasteiger partial charge on any atom is -0.366 e. The van der Waals surface area contributed by atoms with Gasteiger partial charge in [-0.25, -0.2) is 0 Å². The Labute approximate surface area is 146 Å². The maximum Gasteiger partial charge on any atom is 0.249 e. The van der Waals surface area contributed by atoms with E-state index in [1.807, 2.05) is 24.3 Å². The Balaban J connectivity index is 2.02. The van der Waals surface area contributed by atoms with E-state index in [4.69, 9.17) is 5.73 Å². The standard InChI is InChI=1S/C22H19N2O/c1-14-10-11-16(15(2)12-14)13-24-19-8-4-3-6-17(19)21-18(22(23)25)7-5-9-20(21)24/h3-5,7-12H,13H2,1-2H3,(H2,23,25). The lowest BCUT2D eigenvalue weighted by Gasteiger charge is -2.11. The molecule has 0 aliphatic carbocycles. The third kappa shape index (κ3) is 2.49. The first-order valence-electron chi connectivity index (χ1n) is 8.34. The molecular weight excluding hydrogens is 308 g/mol. The Morgan fingerprint density at radius 1 is 1.08 bits per heavy atom. The predicted octanol–water partition coefficient (Wildman–Crippen LogP) is 4.36. The first-order valence-corrected chi connectivity index (χ1v) is 8.34. The van der Waals surface area contributed by atoms with E-state index >= 15 is 0 Å². The van der Waals surface area contributed by atoms with Crippen molar-refractivity contribution in [1.82, 2.24) is 4.57 Å². The second-order valence-corrected chi connectivity index (χ2v) is 6.51. The van der Waals surface area contributed by atoms with E-state index in [9.17, 15) is 4.79 Å². The quantitative estimate of drug-likeness (QED) is 0.597. The van der Waals surface area contributed by atoms with E-state index in [1.54, 1.807) is 6.07 Å². The van der Waals surface area contributed by atoms with Gasteiger partial charge in [-0.3, -0.25) is 4.79 Å². The summed E-state index contributed by atoms with van der Waals surface area (Å²) < 4.78 is 2.24. The molecule has 1 radical (unpaired) electrons. The van der Waals surface area contributed by atoms with Crippen molar-refractivity contribution in [3.63, 3.8) is 0 Å². The summed E-state index contributed by atoms with van der Waals surface area (Å²) in [4.78, 5) is 11.9. The highest BCUT2D eigenvalue weighted by Crippen LogP contribution is 2.32. The second kappa shape index (κ2) is 5.78. The first kappa shape index (κ1) is 15.5. The fourth-order valence-corrected chi connectivity index (χ4v) is 3.58. The number of carbonyl (C=O) groups excluding carboxylic acids is 1. The van der Waals surface area contributed by atoms with Gasteiger partial charge in [0.1, 0.15) is 0 Å². The number of nitrogens with two attached hydrogens (primary N) is 1. The molecule has 4 rings (SSSR count). The van der Waals surface area contributed by atoms with Crippen molar-refractivity contribution in [3.8, 4) is 0 Å². The molecule has 3 heteroatoms. The van der Waals surface area contributed by atoms with Crippen LogP contribution in [0.25, 0.3) is 21.8 Å². The van der Waals surface area contributed by atoms with Crippen molar-refractivity contribution in [2.24, 2.45) is 5.73 Å². The van der Waals surface area contributed by atoms with E-state index in [-0.39, 0.29) is 0 Å². The fourth-order valence-electron chi connectivity index (χ4n) is 3.58. The van der Waals surface area contributed by atoms with Crippen LogP contribution in [-0.2, 0) is 6.54 Å². The van der Waals surface area contributed by atoms with Crippen LogP contribution in [0.5, 0.6) is 0 Å². The van der Waals surface area contributed by atoms with Crippen LogP contribution in [0.1, 0.15) is 27.0 Å². The average molecular weight is 327 g/mol. The molecule has 3 aromatic carbocycles. The lowest BCUT2D eigenvalue weighted by molar-refractivity contribution is 0.100. The number of hydrogen-bond acceptors (Lipinski definition) is 1. The summed E-state index contributed by atoms with van der Waals surface area (Å²) in [5.74, 6) is -0.409. The van der Waals surface area contributed by atoms with Crippen LogP contribution in [0.3, 0.4) is 0 Å². The molecule has 25 heavy (non-hydrogen) atoms. The SMILES string of the molecule is Cc1ccc(Cn2c3ccc[c]c3c3c(C(N)=O)cccc32)c(C)c1. The van der Waals surface area contributed by atoms with E-state index in [0.29, 0.717) is 5.56 Å². The van der Waals surface area contributed by atoms with Crippen molar-refractivity contribution in [1.29, 1.82) is 0 Å². The number of carbonyl (C=O) groups is 1. The zero-order chi connectivity index (χ0) is 17.6. The lowest BCUT2D eigenvalue weighted by atomic mass is 10.1. The minimum atomic E-state index is -0.409. The number of primary amides is 1. The maximum atomic E-state index is 11.9. The smallest absolute Gasteiger partial charge is 0.249 e. The molecule has 0 aliphatic rings. The highest BCUT2D eigenvalue weighted by Gasteiger charge is 2.16. The molecule has 0 unspecified atom stereocenters. The summed E-state index contributed by atoms with van der Waals surface area (Å²) in [7, 11) is 0. The van der Waals surface area contributed by atoms with Gasteiger partial charge in [0.05, 0.1) is 11.0 Å². The molecule has 0 saturated heterocycles. The van der Waals surface area contributed by atoms with Crippen molar-refractivity contribution in [3.05, 3.63) is 82.9 Å². The van der Waals surface area contributed by atoms with Crippen LogP contribution in [0, 0.1) is 19.9 Å². The van der Waals surface area contributed by atoms with Gasteiger partial charge in [0.25, 0.3) is 0 Å². The molecule has 1 amide bonds. The zero-order valence-electron chi connectivity index (χ0n) is 14.3. The predicted molar refractivity (Wildman–Crippen MR) is 102 cm³/mol. The van der Waals surface area contributed by atoms with Gasteiger partial charge < -0.3 is 10.3 Å². The molecule has 2 N–H and O–H groups in total. The van der Waals surface area contributed by atoms with Crippen LogP contribution in [0.4, 0.5) is 0 Å². The molecule has 123 valence electrons. The molecule has 3 nitrogen and oxygen atoms in total. The maximum absolute atomic E-state index is 11.9. The number of benzene rings is 3. The number of rotatable bonds is 3. The van der Waals surface area contributed by atoms with Gasteiger partial charge in [0, 0.05) is 22.9 Å². The van der Waals surface area contributed by atoms with E-state index < -0.39 is 5.91 Å². The fraction of sp³-hybridized carbons (Fsp3) is 0.136. The number of aromatic nitrogens is 1. The summed E-state index contributed by atoms with van der Waals surface area (Å²) >= 11 is 0. The van der Waals surface area contributed by atoms with Crippen LogP contribution in [0.15, 0.2) is 54.6 Å². The van der Waals surface area contributed by atoms with Crippen molar-refractivity contribution < 1.29 is 4.79 Å². The summed E-state index contributed by atoms with van der Waals surface area (Å²) in [6.45, 7) is 4.98. The molecule has 0 saturated carbocycles. The van der Waals surface area contributed by atoms with Gasteiger partial charge in [-0.1, -0.05) is 42.0 Å². The summed E-state index contributed by atoms with van der Waals surface area (Å²) in [6.07, 6.45) is 0. The molecule has 0 bridgehead atoms. The second-order valence-electron chi connectivity index (χ2n) is 6.51. The molecule has 4 aromatic rings. The van der Waals surface area contributed by atoms with Crippen LogP contribution in [0.2, 0.25) is 0 Å². The van der Waals surface area contributed by atoms with Crippen LogP contribution < -0.4 is 5.73 Å². The van der Waals surface area contributed by atoms with Crippen LogP contribution >= 0.6 is 0 Å². The van der Waals surface area contributed by atoms with E-state index in [0.717, 1.165) is 28.4 Å². The number of aryl methyl sites for hydroxylation is 2. The summed E-state index contributed by atoms with van der Waals surface area (Å²) in [5, 5.41) is 1.83. The molecule has 0 aliphatic heterocycles. The topological polar surface area (TPSA) is 48.0 Å². The highest BCUT2D eigenvalue weighted by atomic mass is 16.1. The van der Waals surface area contributed by atoms with Crippen molar-refractivity contribution in [2.75, 3.05) is 0 Å². The van der Waals surface area contributed by atoms with Crippen molar-refractivity contribution >= 4 is 27.7 Å². The largest absolute Gasteiger partial charge is 0.366 e. The van der Waals surface area contributed by atoms with Gasteiger partial charge in [0.15, 0.2) is 0 Å². The number of nitrogens with zero attached hydrogens (tertiary/aromatic N) is 1. The Morgan fingerprint density at radius 2 is 1.88 bits per heavy atom. The Morgan fingerprint density at radius 3 is 2.64 bits per heavy atom. The minimum absolute atomic E-state index is 0.409. The molecule has 1 heterocycles. The lowest BCUT2D eigenvalue weighted by Crippen LogP contribution is -2.11. The van der Waals surface area contributed by atoms with Gasteiger partial charge in [-0.15, -0.1) is 0 Å². The normalized spacial score (nSPS) is 11.3. The van der Waals surface area contributed by atoms with Gasteiger partial charge in [0.2, 0.25) is 5.91 Å². The Kier molecular flexibility index (Phi) is 3.57. The Bertz CT molecular complexity index is 1120. The molecular formula is C22H19N2O. The highest BCUT2D eigenvalue weighted by molar-refractivity contribution is 6.17. The first-order chi connectivity index (χ1) is 12.1. The van der Waals surface area contributed by atoms with Gasteiger partial charge in [-0.2, -0.15) is 0 Å². The van der Waals surface area contributed by atoms with E-state index in [2.05, 4.69) is 48.7 Å². The summed E-state index contributed by atoms with van der Waals surface area (Å²) in [6, 6.07) is 21.4. The number of hydrogen-bond donors (Lipinski definition) is 1. The Hall–Kier alpha value is -3.07. The number of amides is 1. The van der Waals surface area contributed by atoms with Crippen molar-refractivity contribution in [2.45, 2.75) is 20.4 Å². The van der Waals surface area contributed by atoms with Gasteiger partial charge >= 0.3 is 0 Å². The van der Waals surface area contributed by atoms with Crippen LogP contribution in [-0.4, -0.2) is 10.5 Å². The third-order valence-corrected chi connectivity index (χ3v) is 4.80. The summed E-state index contributed by atoms with van der Waals surface area (Å²) in [5.41, 5.74) is 12.0. The molecule has 0 fully saturated rings. The molecule has 0 atom stereocenters. The average Bonchev–Trinajstić information content (AvgIpc) is 2.91. The third-order valence-electron chi connectivity index (χ3n) is 4.80. The zero-order valence-corrected chi connectivity index (χ0v) is 14.3. The van der Waals surface area contributed by atoms with E-state index in [1.165, 1.54) is 16.7 Å². The molecule has 0 spiro atoms. The van der Waals surface area contributed by atoms with Gasteiger partial charge in [-0.05, 0) is 49.2 Å². The molecule has 1 aromatic heterocycles. The number of fused-ring (bicyclic) bond motifs is 3. The monoisotopic (exact) mass is 327 g/mol.